The number of carbonyl (C=O) groups excluding carboxylic acids is 2. The van der Waals surface area contributed by atoms with Crippen LogP contribution < -0.4 is 11.1 Å². The molecule has 0 fully saturated rings. The molecule has 0 spiro atoms. The first kappa shape index (κ1) is 12.2. The molecule has 86 valence electrons. The van der Waals surface area contributed by atoms with Crippen molar-refractivity contribution < 1.29 is 14.7 Å². The predicted molar refractivity (Wildman–Crippen MR) is 58.6 cm³/mol. The van der Waals surface area contributed by atoms with Gasteiger partial charge in [-0.3, -0.25) is 9.59 Å². The minimum atomic E-state index is -1.08. The van der Waals surface area contributed by atoms with Crippen molar-refractivity contribution in [1.82, 2.24) is 5.32 Å². The van der Waals surface area contributed by atoms with Crippen LogP contribution in [0.4, 0.5) is 0 Å². The van der Waals surface area contributed by atoms with Gasteiger partial charge in [-0.15, -0.1) is 0 Å². The fraction of sp³-hybridized carbons (Fsp3) is 0.273. The number of nitrogens with two attached hydrogens (primary N) is 1. The quantitative estimate of drug-likeness (QED) is 0.650. The summed E-state index contributed by atoms with van der Waals surface area (Å²) >= 11 is 0. The third-order valence-corrected chi connectivity index (χ3v) is 2.11. The highest BCUT2D eigenvalue weighted by Gasteiger charge is 2.23. The minimum Gasteiger partial charge on any atom is -0.391 e. The lowest BCUT2D eigenvalue weighted by molar-refractivity contribution is -0.122. The number of benzene rings is 1. The van der Waals surface area contributed by atoms with Gasteiger partial charge in [-0.2, -0.15) is 0 Å². The van der Waals surface area contributed by atoms with Crippen LogP contribution in [0.1, 0.15) is 17.3 Å². The van der Waals surface area contributed by atoms with Crippen molar-refractivity contribution in [3.05, 3.63) is 35.9 Å². The lowest BCUT2D eigenvalue weighted by Gasteiger charge is -2.17. The van der Waals surface area contributed by atoms with Crippen LogP contribution in [-0.2, 0) is 4.79 Å². The fourth-order valence-electron chi connectivity index (χ4n) is 1.24. The van der Waals surface area contributed by atoms with E-state index in [4.69, 9.17) is 5.73 Å². The van der Waals surface area contributed by atoms with Gasteiger partial charge >= 0.3 is 0 Å². The van der Waals surface area contributed by atoms with Crippen molar-refractivity contribution in [3.8, 4) is 0 Å². The van der Waals surface area contributed by atoms with Gasteiger partial charge in [-0.1, -0.05) is 18.2 Å². The maximum Gasteiger partial charge on any atom is 0.252 e. The summed E-state index contributed by atoms with van der Waals surface area (Å²) in [5, 5.41) is 11.6. The highest BCUT2D eigenvalue weighted by atomic mass is 16.3. The molecule has 1 aromatic rings. The zero-order valence-corrected chi connectivity index (χ0v) is 8.88. The van der Waals surface area contributed by atoms with Gasteiger partial charge in [0.25, 0.3) is 5.91 Å². The van der Waals surface area contributed by atoms with Gasteiger partial charge in [0.05, 0.1) is 6.10 Å². The van der Waals surface area contributed by atoms with Crippen LogP contribution in [0.3, 0.4) is 0 Å². The summed E-state index contributed by atoms with van der Waals surface area (Å²) in [5.74, 6) is -1.20. The molecule has 1 rings (SSSR count). The number of nitrogens with one attached hydrogen (secondary N) is 1. The monoisotopic (exact) mass is 222 g/mol. The molecule has 2 amide bonds. The van der Waals surface area contributed by atoms with Crippen LogP contribution in [0.5, 0.6) is 0 Å². The molecule has 0 aliphatic carbocycles. The molecule has 0 aromatic heterocycles. The number of carbonyl (C=O) groups is 2. The average molecular weight is 222 g/mol. The second kappa shape index (κ2) is 5.27. The Hall–Kier alpha value is -1.88. The highest BCUT2D eigenvalue weighted by Crippen LogP contribution is 2.00. The van der Waals surface area contributed by atoms with Crippen LogP contribution in [-0.4, -0.2) is 29.1 Å². The second-order valence-electron chi connectivity index (χ2n) is 3.46. The Labute approximate surface area is 93.3 Å². The number of primary amides is 1. The molecule has 5 nitrogen and oxygen atoms in total. The predicted octanol–water partition coefficient (Wildman–Crippen LogP) is -0.349. The molecule has 0 saturated heterocycles. The number of amides is 2. The summed E-state index contributed by atoms with van der Waals surface area (Å²) in [4.78, 5) is 22.6. The van der Waals surface area contributed by atoms with Crippen molar-refractivity contribution in [2.45, 2.75) is 19.1 Å². The highest BCUT2D eigenvalue weighted by molar-refractivity contribution is 5.97. The Balaban J connectivity index is 2.74. The Kier molecular flexibility index (Phi) is 4.02. The molecule has 0 aliphatic heterocycles. The number of aliphatic hydroxyl groups excluding tert-OH is 1. The first-order valence-electron chi connectivity index (χ1n) is 4.85. The standard InChI is InChI=1S/C11H14N2O3/c1-7(14)9(10(12)15)13-11(16)8-5-3-2-4-6-8/h2-7,9,14H,1H3,(H2,12,15)(H,13,16)/t7-,9+/m1/s1. The van der Waals surface area contributed by atoms with E-state index in [1.807, 2.05) is 0 Å². The smallest absolute Gasteiger partial charge is 0.252 e. The Morgan fingerprint density at radius 1 is 1.31 bits per heavy atom. The van der Waals surface area contributed by atoms with Crippen LogP contribution >= 0.6 is 0 Å². The van der Waals surface area contributed by atoms with E-state index in [2.05, 4.69) is 5.32 Å². The van der Waals surface area contributed by atoms with E-state index >= 15 is 0 Å². The van der Waals surface area contributed by atoms with Gasteiger partial charge in [0.2, 0.25) is 5.91 Å². The van der Waals surface area contributed by atoms with Crippen molar-refractivity contribution in [1.29, 1.82) is 0 Å². The van der Waals surface area contributed by atoms with Crippen LogP contribution in [0.2, 0.25) is 0 Å². The Morgan fingerprint density at radius 2 is 1.88 bits per heavy atom. The first-order valence-corrected chi connectivity index (χ1v) is 4.85. The Morgan fingerprint density at radius 3 is 2.31 bits per heavy atom. The minimum absolute atomic E-state index is 0.411. The zero-order valence-electron chi connectivity index (χ0n) is 8.88. The summed E-state index contributed by atoms with van der Waals surface area (Å²) in [6.07, 6.45) is -1.02. The third-order valence-electron chi connectivity index (χ3n) is 2.11. The van der Waals surface area contributed by atoms with Gasteiger partial charge in [-0.05, 0) is 19.1 Å². The van der Waals surface area contributed by atoms with Crippen LogP contribution in [0, 0.1) is 0 Å². The molecule has 2 atom stereocenters. The van der Waals surface area contributed by atoms with Gasteiger partial charge in [-0.25, -0.2) is 0 Å². The molecule has 0 heterocycles. The lowest BCUT2D eigenvalue weighted by atomic mass is 10.1. The summed E-state index contributed by atoms with van der Waals surface area (Å²) in [6, 6.07) is 7.32. The SMILES string of the molecule is C[C@@H](O)[C@H](NC(=O)c1ccccc1)C(N)=O. The van der Waals surface area contributed by atoms with E-state index in [0.29, 0.717) is 5.56 Å². The third kappa shape index (κ3) is 3.06. The van der Waals surface area contributed by atoms with E-state index in [1.165, 1.54) is 6.92 Å². The van der Waals surface area contributed by atoms with Crippen LogP contribution in [0.15, 0.2) is 30.3 Å². The summed E-state index contributed by atoms with van der Waals surface area (Å²) in [5.41, 5.74) is 5.46. The molecule has 0 unspecified atom stereocenters. The molecular formula is C11H14N2O3. The fourth-order valence-corrected chi connectivity index (χ4v) is 1.24. The normalized spacial score (nSPS) is 13.9. The summed E-state index contributed by atoms with van der Waals surface area (Å²) in [7, 11) is 0. The first-order chi connectivity index (χ1) is 7.52. The van der Waals surface area contributed by atoms with Crippen LogP contribution in [0.25, 0.3) is 0 Å². The molecule has 0 aliphatic rings. The molecule has 4 N–H and O–H groups in total. The zero-order chi connectivity index (χ0) is 12.1. The van der Waals surface area contributed by atoms with E-state index in [-0.39, 0.29) is 0 Å². The second-order valence-corrected chi connectivity index (χ2v) is 3.46. The van der Waals surface area contributed by atoms with E-state index in [1.54, 1.807) is 30.3 Å². The lowest BCUT2D eigenvalue weighted by Crippen LogP contribution is -2.50. The molecular weight excluding hydrogens is 208 g/mol. The molecule has 0 saturated carbocycles. The van der Waals surface area contributed by atoms with Crippen molar-refractivity contribution in [3.63, 3.8) is 0 Å². The molecule has 0 radical (unpaired) electrons. The average Bonchev–Trinajstić information content (AvgIpc) is 2.25. The topological polar surface area (TPSA) is 92.4 Å². The van der Waals surface area contributed by atoms with Crippen molar-refractivity contribution in [2.24, 2.45) is 5.73 Å². The van der Waals surface area contributed by atoms with E-state index < -0.39 is 24.0 Å². The molecule has 5 heteroatoms. The number of aliphatic hydroxyl groups is 1. The molecule has 1 aromatic carbocycles. The van der Waals surface area contributed by atoms with E-state index in [0.717, 1.165) is 0 Å². The molecule has 16 heavy (non-hydrogen) atoms. The summed E-state index contributed by atoms with van der Waals surface area (Å²) in [6.45, 7) is 1.39. The maximum atomic E-state index is 11.6. The van der Waals surface area contributed by atoms with Crippen molar-refractivity contribution in [2.75, 3.05) is 0 Å². The van der Waals surface area contributed by atoms with Crippen molar-refractivity contribution >= 4 is 11.8 Å². The van der Waals surface area contributed by atoms with Gasteiger partial charge in [0.15, 0.2) is 0 Å². The van der Waals surface area contributed by atoms with Gasteiger partial charge < -0.3 is 16.2 Å². The summed E-state index contributed by atoms with van der Waals surface area (Å²) < 4.78 is 0. The maximum absolute atomic E-state index is 11.6. The number of hydrogen-bond donors (Lipinski definition) is 3. The Bertz CT molecular complexity index is 376. The largest absolute Gasteiger partial charge is 0.391 e. The van der Waals surface area contributed by atoms with Gasteiger partial charge in [0.1, 0.15) is 6.04 Å². The van der Waals surface area contributed by atoms with E-state index in [9.17, 15) is 14.7 Å². The number of hydrogen-bond acceptors (Lipinski definition) is 3. The molecule has 0 bridgehead atoms. The van der Waals surface area contributed by atoms with Gasteiger partial charge in [0, 0.05) is 5.56 Å². The number of rotatable bonds is 4.